The first-order valence-corrected chi connectivity index (χ1v) is 10.9. The Bertz CT molecular complexity index is 1170. The van der Waals surface area contributed by atoms with Crippen molar-refractivity contribution in [3.63, 3.8) is 0 Å². The van der Waals surface area contributed by atoms with Gasteiger partial charge in [-0.15, -0.1) is 0 Å². The number of carbonyl (C=O) groups is 1. The zero-order valence-corrected chi connectivity index (χ0v) is 17.3. The molecule has 0 bridgehead atoms. The molecule has 0 unspecified atom stereocenters. The predicted molar refractivity (Wildman–Crippen MR) is 109 cm³/mol. The summed E-state index contributed by atoms with van der Waals surface area (Å²) in [4.78, 5) is 24.5. The van der Waals surface area contributed by atoms with Gasteiger partial charge in [0.2, 0.25) is 0 Å². The smallest absolute Gasteiger partial charge is 0.336 e. The van der Waals surface area contributed by atoms with Crippen molar-refractivity contribution in [3.8, 4) is 0 Å². The number of nitro groups is 1. The fourth-order valence-corrected chi connectivity index (χ4v) is 5.96. The van der Waals surface area contributed by atoms with Crippen LogP contribution in [0, 0.1) is 17.0 Å². The number of aryl methyl sites for hydroxylation is 1. The van der Waals surface area contributed by atoms with Crippen LogP contribution in [-0.2, 0) is 25.1 Å². The SMILES string of the molecule is CCOC(=O)C1=CC[C@@]2([N+](=O)[O-])c3ccccc3N(S(=O)(=O)c3ccc(C)cc3)[C@H]12. The molecule has 0 radical (unpaired) electrons. The van der Waals surface area contributed by atoms with Crippen LogP contribution in [0.2, 0.25) is 0 Å². The van der Waals surface area contributed by atoms with Crippen LogP contribution in [-0.4, -0.2) is 32.0 Å². The number of para-hydroxylation sites is 1. The molecule has 0 amide bonds. The van der Waals surface area contributed by atoms with Crippen LogP contribution < -0.4 is 4.31 Å². The molecule has 8 nitrogen and oxygen atoms in total. The van der Waals surface area contributed by atoms with E-state index < -0.39 is 32.5 Å². The molecule has 1 aliphatic carbocycles. The lowest BCUT2D eigenvalue weighted by Gasteiger charge is -2.29. The quantitative estimate of drug-likeness (QED) is 0.412. The van der Waals surface area contributed by atoms with Gasteiger partial charge in [0.1, 0.15) is 0 Å². The third-order valence-corrected chi connectivity index (χ3v) is 7.43. The van der Waals surface area contributed by atoms with Gasteiger partial charge in [-0.2, -0.15) is 0 Å². The molecular formula is C21H20N2O6S. The number of fused-ring (bicyclic) bond motifs is 3. The lowest BCUT2D eigenvalue weighted by Crippen LogP contribution is -2.51. The number of carbonyl (C=O) groups excluding carboxylic acids is 1. The number of hydrogen-bond donors (Lipinski definition) is 0. The Kier molecular flexibility index (Phi) is 4.65. The van der Waals surface area contributed by atoms with E-state index in [9.17, 15) is 23.3 Å². The lowest BCUT2D eigenvalue weighted by molar-refractivity contribution is -0.576. The van der Waals surface area contributed by atoms with E-state index in [4.69, 9.17) is 4.74 Å². The molecule has 30 heavy (non-hydrogen) atoms. The molecule has 0 N–H and O–H groups in total. The summed E-state index contributed by atoms with van der Waals surface area (Å²) in [6.45, 7) is 3.53. The molecule has 2 atom stereocenters. The first-order chi connectivity index (χ1) is 14.2. The largest absolute Gasteiger partial charge is 0.463 e. The van der Waals surface area contributed by atoms with Crippen molar-refractivity contribution in [2.75, 3.05) is 10.9 Å². The van der Waals surface area contributed by atoms with Crippen LogP contribution in [0.4, 0.5) is 5.69 Å². The molecule has 4 rings (SSSR count). The van der Waals surface area contributed by atoms with Crippen molar-refractivity contribution in [2.45, 2.75) is 36.7 Å². The minimum absolute atomic E-state index is 0.00263. The lowest BCUT2D eigenvalue weighted by atomic mass is 9.86. The van der Waals surface area contributed by atoms with Crippen LogP contribution in [0.5, 0.6) is 0 Å². The molecule has 156 valence electrons. The van der Waals surface area contributed by atoms with E-state index in [0.717, 1.165) is 9.87 Å². The van der Waals surface area contributed by atoms with Gasteiger partial charge in [0.15, 0.2) is 6.04 Å². The maximum Gasteiger partial charge on any atom is 0.336 e. The molecule has 1 aliphatic heterocycles. The van der Waals surface area contributed by atoms with Gasteiger partial charge in [-0.1, -0.05) is 35.9 Å². The number of esters is 1. The number of benzene rings is 2. The summed E-state index contributed by atoms with van der Waals surface area (Å²) < 4.78 is 33.4. The molecule has 0 saturated heterocycles. The minimum Gasteiger partial charge on any atom is -0.463 e. The number of sulfonamides is 1. The van der Waals surface area contributed by atoms with Gasteiger partial charge in [0.05, 0.1) is 28.3 Å². The summed E-state index contributed by atoms with van der Waals surface area (Å²) in [5.74, 6) is -0.747. The van der Waals surface area contributed by atoms with Gasteiger partial charge in [-0.3, -0.25) is 14.4 Å². The van der Waals surface area contributed by atoms with E-state index in [-0.39, 0.29) is 34.7 Å². The Morgan fingerprint density at radius 3 is 2.53 bits per heavy atom. The number of nitrogens with zero attached hydrogens (tertiary/aromatic N) is 2. The van der Waals surface area contributed by atoms with E-state index in [2.05, 4.69) is 0 Å². The topological polar surface area (TPSA) is 107 Å². The number of hydrogen-bond acceptors (Lipinski definition) is 6. The second-order valence-corrected chi connectivity index (χ2v) is 9.11. The van der Waals surface area contributed by atoms with Gasteiger partial charge in [0, 0.05) is 11.3 Å². The molecule has 0 spiro atoms. The van der Waals surface area contributed by atoms with Crippen LogP contribution in [0.25, 0.3) is 0 Å². The molecule has 0 saturated carbocycles. The first kappa shape index (κ1) is 20.1. The maximum absolute atomic E-state index is 13.7. The van der Waals surface area contributed by atoms with Crippen molar-refractivity contribution in [1.82, 2.24) is 0 Å². The van der Waals surface area contributed by atoms with Gasteiger partial charge < -0.3 is 4.74 Å². The Morgan fingerprint density at radius 1 is 1.23 bits per heavy atom. The standard InChI is InChI=1S/C21H20N2O6S/c1-3-29-20(24)16-12-13-21(23(25)26)17-6-4-5-7-18(17)22(19(16)21)30(27,28)15-10-8-14(2)9-11-15/h4-12,19H,3,13H2,1-2H3/t19-,21-/m1/s1. The highest BCUT2D eigenvalue weighted by atomic mass is 32.2. The normalized spacial score (nSPS) is 22.3. The van der Waals surface area contributed by atoms with Crippen molar-refractivity contribution in [1.29, 1.82) is 0 Å². The monoisotopic (exact) mass is 428 g/mol. The summed E-state index contributed by atoms with van der Waals surface area (Å²) in [5.41, 5.74) is -0.444. The van der Waals surface area contributed by atoms with Crippen LogP contribution in [0.1, 0.15) is 24.5 Å². The first-order valence-electron chi connectivity index (χ1n) is 9.47. The number of ether oxygens (including phenoxy) is 1. The van der Waals surface area contributed by atoms with E-state index in [1.807, 2.05) is 6.92 Å². The Labute approximate surface area is 174 Å². The molecule has 2 aliphatic rings. The average Bonchev–Trinajstić information content (AvgIpc) is 3.23. The number of anilines is 1. The highest BCUT2D eigenvalue weighted by molar-refractivity contribution is 7.93. The molecule has 0 fully saturated rings. The fourth-order valence-electron chi connectivity index (χ4n) is 4.27. The summed E-state index contributed by atoms with van der Waals surface area (Å²) in [5, 5.41) is 12.3. The highest BCUT2D eigenvalue weighted by Crippen LogP contribution is 2.55. The molecule has 2 aromatic carbocycles. The molecule has 1 heterocycles. The van der Waals surface area contributed by atoms with Crippen molar-refractivity contribution >= 4 is 21.7 Å². The average molecular weight is 428 g/mol. The van der Waals surface area contributed by atoms with Crippen molar-refractivity contribution in [3.05, 3.63) is 81.4 Å². The minimum atomic E-state index is -4.20. The number of rotatable bonds is 5. The molecule has 9 heteroatoms. The van der Waals surface area contributed by atoms with Crippen molar-refractivity contribution < 1.29 is 22.9 Å². The van der Waals surface area contributed by atoms with Gasteiger partial charge in [-0.25, -0.2) is 13.2 Å². The van der Waals surface area contributed by atoms with Gasteiger partial charge in [-0.05, 0) is 38.1 Å². The zero-order chi connectivity index (χ0) is 21.7. The van der Waals surface area contributed by atoms with Gasteiger partial charge >= 0.3 is 5.97 Å². The van der Waals surface area contributed by atoms with E-state index in [1.165, 1.54) is 24.3 Å². The van der Waals surface area contributed by atoms with Gasteiger partial charge in [0.25, 0.3) is 15.6 Å². The Morgan fingerprint density at radius 2 is 1.90 bits per heavy atom. The maximum atomic E-state index is 13.7. The summed E-state index contributed by atoms with van der Waals surface area (Å²) in [6, 6.07) is 11.3. The fraction of sp³-hybridized carbons (Fsp3) is 0.286. The zero-order valence-electron chi connectivity index (χ0n) is 16.4. The molecule has 2 aromatic rings. The second kappa shape index (κ2) is 6.94. The highest BCUT2D eigenvalue weighted by Gasteiger charge is 2.68. The van der Waals surface area contributed by atoms with E-state index in [1.54, 1.807) is 37.3 Å². The third-order valence-electron chi connectivity index (χ3n) is 5.64. The van der Waals surface area contributed by atoms with Crippen LogP contribution in [0.3, 0.4) is 0 Å². The second-order valence-electron chi connectivity index (χ2n) is 7.30. The van der Waals surface area contributed by atoms with Crippen LogP contribution in [0.15, 0.2) is 65.1 Å². The predicted octanol–water partition coefficient (Wildman–Crippen LogP) is 2.94. The Balaban J connectivity index is 1.96. The third kappa shape index (κ3) is 2.65. The van der Waals surface area contributed by atoms with Crippen molar-refractivity contribution in [2.24, 2.45) is 0 Å². The van der Waals surface area contributed by atoms with E-state index >= 15 is 0 Å². The summed E-state index contributed by atoms with van der Waals surface area (Å²) in [6.07, 6.45) is 1.33. The van der Waals surface area contributed by atoms with E-state index in [0.29, 0.717) is 0 Å². The summed E-state index contributed by atoms with van der Waals surface area (Å²) in [7, 11) is -4.20. The molecule has 0 aromatic heterocycles. The Hall–Kier alpha value is -3.20. The molecular weight excluding hydrogens is 408 g/mol. The van der Waals surface area contributed by atoms with Crippen LogP contribution >= 0.6 is 0 Å². The summed E-state index contributed by atoms with van der Waals surface area (Å²) >= 11 is 0.